The molecule has 3 rings (SSSR count). The normalized spacial score (nSPS) is 18.4. The van der Waals surface area contributed by atoms with Gasteiger partial charge in [0, 0.05) is 15.6 Å². The first-order valence-electron chi connectivity index (χ1n) is 8.27. The predicted molar refractivity (Wildman–Crippen MR) is 103 cm³/mol. The summed E-state index contributed by atoms with van der Waals surface area (Å²) in [5, 5.41) is 11.2. The average molecular weight is 432 g/mol. The fraction of sp³-hybridized carbons (Fsp3) is 0.250. The van der Waals surface area contributed by atoms with Crippen LogP contribution in [0, 0.1) is 6.92 Å². The largest absolute Gasteiger partial charge is 0.468 e. The van der Waals surface area contributed by atoms with E-state index in [9.17, 15) is 19.5 Å². The first kappa shape index (κ1) is 19.3. The van der Waals surface area contributed by atoms with Crippen LogP contribution in [0.1, 0.15) is 27.9 Å². The number of hydrogen-bond acceptors (Lipinski definition) is 5. The van der Waals surface area contributed by atoms with Crippen LogP contribution in [-0.4, -0.2) is 36.4 Å². The Hall–Kier alpha value is -2.51. The Morgan fingerprint density at radius 1 is 1.19 bits per heavy atom. The van der Waals surface area contributed by atoms with Crippen molar-refractivity contribution in [3.63, 3.8) is 0 Å². The van der Waals surface area contributed by atoms with E-state index in [2.05, 4.69) is 20.7 Å². The molecular formula is C20H18BrNO5. The van der Waals surface area contributed by atoms with Crippen LogP contribution in [-0.2, 0) is 19.9 Å². The number of halogens is 1. The third-order valence-electron chi connectivity index (χ3n) is 4.60. The van der Waals surface area contributed by atoms with Crippen LogP contribution < -0.4 is 4.90 Å². The number of amides is 1. The molecule has 1 N–H and O–H groups in total. The fourth-order valence-electron chi connectivity index (χ4n) is 3.12. The number of rotatable bonds is 5. The zero-order chi connectivity index (χ0) is 19.8. The van der Waals surface area contributed by atoms with E-state index in [1.54, 1.807) is 42.5 Å². The maximum atomic E-state index is 13.0. The number of methoxy groups -OCH3 is 1. The van der Waals surface area contributed by atoms with E-state index in [1.165, 1.54) is 7.11 Å². The molecule has 6 nitrogen and oxygen atoms in total. The summed E-state index contributed by atoms with van der Waals surface area (Å²) >= 11 is 3.32. The molecule has 1 heterocycles. The van der Waals surface area contributed by atoms with E-state index < -0.39 is 23.9 Å². The maximum Gasteiger partial charge on any atom is 0.325 e. The Kier molecular flexibility index (Phi) is 5.17. The molecule has 0 fully saturated rings. The van der Waals surface area contributed by atoms with E-state index in [0.29, 0.717) is 15.7 Å². The van der Waals surface area contributed by atoms with Gasteiger partial charge in [-0.2, -0.15) is 0 Å². The molecule has 27 heavy (non-hydrogen) atoms. The van der Waals surface area contributed by atoms with E-state index in [1.807, 2.05) is 6.92 Å². The van der Waals surface area contributed by atoms with Gasteiger partial charge in [-0.05, 0) is 25.1 Å². The number of carbonyl (C=O) groups excluding carboxylic acids is 3. The lowest BCUT2D eigenvalue weighted by atomic mass is 9.88. The van der Waals surface area contributed by atoms with Gasteiger partial charge in [-0.15, -0.1) is 0 Å². The number of esters is 1. The van der Waals surface area contributed by atoms with Crippen molar-refractivity contribution in [1.29, 1.82) is 0 Å². The van der Waals surface area contributed by atoms with Crippen molar-refractivity contribution in [1.82, 2.24) is 0 Å². The summed E-state index contributed by atoms with van der Waals surface area (Å²) in [6.45, 7) is 1.56. The third-order valence-corrected chi connectivity index (χ3v) is 5.09. The number of ketones is 1. The Bertz CT molecular complexity index is 924. The van der Waals surface area contributed by atoms with Gasteiger partial charge in [0.15, 0.2) is 11.4 Å². The minimum Gasteiger partial charge on any atom is -0.468 e. The first-order valence-corrected chi connectivity index (χ1v) is 9.06. The van der Waals surface area contributed by atoms with Gasteiger partial charge in [0.05, 0.1) is 19.2 Å². The van der Waals surface area contributed by atoms with Crippen molar-refractivity contribution in [3.8, 4) is 0 Å². The Morgan fingerprint density at radius 3 is 2.48 bits per heavy atom. The second kappa shape index (κ2) is 7.25. The quantitative estimate of drug-likeness (QED) is 0.581. The molecule has 0 aromatic heterocycles. The fourth-order valence-corrected chi connectivity index (χ4v) is 3.48. The monoisotopic (exact) mass is 431 g/mol. The van der Waals surface area contributed by atoms with Crippen molar-refractivity contribution < 1.29 is 24.2 Å². The summed E-state index contributed by atoms with van der Waals surface area (Å²) in [5.74, 6) is -1.70. The molecule has 1 aliphatic heterocycles. The SMILES string of the molecule is COC(=O)CN1C(=O)[C@@](O)(CC(=O)c2ccc(C)cc2)c2cc(Br)ccc21. The standard InChI is InChI=1S/C20H18BrNO5/c1-12-3-5-13(6-4-12)17(23)10-20(26)15-9-14(21)7-8-16(15)22(19(20)25)11-18(24)27-2/h3-9,26H,10-11H2,1-2H3/t20-/m1/s1. The number of Topliss-reactive ketones (excluding diaryl/α,β-unsaturated/α-hetero) is 1. The van der Waals surface area contributed by atoms with E-state index >= 15 is 0 Å². The number of anilines is 1. The van der Waals surface area contributed by atoms with Gasteiger partial charge in [-0.25, -0.2) is 0 Å². The Labute approximate surface area is 164 Å². The molecule has 140 valence electrons. The number of ether oxygens (including phenoxy) is 1. The number of nitrogens with zero attached hydrogens (tertiary/aromatic N) is 1. The number of aliphatic hydroxyl groups is 1. The summed E-state index contributed by atoms with van der Waals surface area (Å²) in [6.07, 6.45) is -0.421. The number of carbonyl (C=O) groups is 3. The zero-order valence-corrected chi connectivity index (χ0v) is 16.4. The van der Waals surface area contributed by atoms with Gasteiger partial charge < -0.3 is 9.84 Å². The number of benzene rings is 2. The molecule has 0 bridgehead atoms. The predicted octanol–water partition coefficient (Wildman–Crippen LogP) is 2.74. The van der Waals surface area contributed by atoms with Crippen LogP contribution >= 0.6 is 15.9 Å². The molecule has 0 saturated heterocycles. The van der Waals surface area contributed by atoms with Gasteiger partial charge in [0.1, 0.15) is 6.54 Å². The average Bonchev–Trinajstić information content (AvgIpc) is 2.83. The molecule has 0 unspecified atom stereocenters. The lowest BCUT2D eigenvalue weighted by Gasteiger charge is -2.22. The number of aryl methyl sites for hydroxylation is 1. The van der Waals surface area contributed by atoms with E-state index in [0.717, 1.165) is 10.5 Å². The van der Waals surface area contributed by atoms with Gasteiger partial charge in [-0.1, -0.05) is 45.8 Å². The van der Waals surface area contributed by atoms with Crippen LogP contribution in [0.15, 0.2) is 46.9 Å². The van der Waals surface area contributed by atoms with Gasteiger partial charge in [0.2, 0.25) is 0 Å². The molecule has 2 aromatic rings. The van der Waals surface area contributed by atoms with Crippen molar-refractivity contribution in [2.24, 2.45) is 0 Å². The summed E-state index contributed by atoms with van der Waals surface area (Å²) in [6, 6.07) is 11.8. The minimum absolute atomic E-state index is 0.284. The highest BCUT2D eigenvalue weighted by atomic mass is 79.9. The second-order valence-corrected chi connectivity index (χ2v) is 7.37. The molecule has 0 spiro atoms. The van der Waals surface area contributed by atoms with Crippen LogP contribution in [0.25, 0.3) is 0 Å². The topological polar surface area (TPSA) is 83.9 Å². The Balaban J connectivity index is 1.99. The van der Waals surface area contributed by atoms with E-state index in [-0.39, 0.29) is 17.9 Å². The molecule has 2 aromatic carbocycles. The molecule has 1 amide bonds. The van der Waals surface area contributed by atoms with Crippen molar-refractivity contribution in [2.75, 3.05) is 18.6 Å². The van der Waals surface area contributed by atoms with Gasteiger partial charge >= 0.3 is 5.97 Å². The van der Waals surface area contributed by atoms with Gasteiger partial charge in [-0.3, -0.25) is 19.3 Å². The summed E-state index contributed by atoms with van der Waals surface area (Å²) < 4.78 is 5.29. The third kappa shape index (κ3) is 3.52. The van der Waals surface area contributed by atoms with Gasteiger partial charge in [0.25, 0.3) is 5.91 Å². The highest BCUT2D eigenvalue weighted by Gasteiger charge is 2.51. The first-order chi connectivity index (χ1) is 12.8. The summed E-state index contributed by atoms with van der Waals surface area (Å²) in [5.41, 5.74) is 0.0272. The second-order valence-electron chi connectivity index (χ2n) is 6.46. The molecule has 7 heteroatoms. The molecule has 1 aliphatic rings. The lowest BCUT2D eigenvalue weighted by molar-refractivity contribution is -0.142. The summed E-state index contributed by atoms with van der Waals surface area (Å²) in [4.78, 5) is 38.5. The summed E-state index contributed by atoms with van der Waals surface area (Å²) in [7, 11) is 1.22. The molecule has 0 aliphatic carbocycles. The number of hydrogen-bond donors (Lipinski definition) is 1. The van der Waals surface area contributed by atoms with E-state index in [4.69, 9.17) is 0 Å². The van der Waals surface area contributed by atoms with Crippen molar-refractivity contribution >= 4 is 39.3 Å². The highest BCUT2D eigenvalue weighted by molar-refractivity contribution is 9.10. The van der Waals surface area contributed by atoms with Crippen LogP contribution in [0.5, 0.6) is 0 Å². The van der Waals surface area contributed by atoms with Crippen molar-refractivity contribution in [2.45, 2.75) is 18.9 Å². The maximum absolute atomic E-state index is 13.0. The molecular weight excluding hydrogens is 414 g/mol. The minimum atomic E-state index is -2.05. The molecule has 1 atom stereocenters. The zero-order valence-electron chi connectivity index (χ0n) is 14.9. The van der Waals surface area contributed by atoms with Crippen molar-refractivity contribution in [3.05, 3.63) is 63.6 Å². The lowest BCUT2D eigenvalue weighted by Crippen LogP contribution is -2.43. The molecule has 0 radical (unpaired) electrons. The highest BCUT2D eigenvalue weighted by Crippen LogP contribution is 2.44. The van der Waals surface area contributed by atoms with Crippen LogP contribution in [0.3, 0.4) is 0 Å². The van der Waals surface area contributed by atoms with Crippen LogP contribution in [0.2, 0.25) is 0 Å². The smallest absolute Gasteiger partial charge is 0.325 e. The Morgan fingerprint density at radius 2 is 1.85 bits per heavy atom. The van der Waals surface area contributed by atoms with Crippen LogP contribution in [0.4, 0.5) is 5.69 Å². The number of fused-ring (bicyclic) bond motifs is 1. The molecule has 0 saturated carbocycles.